The molecule has 3 rings (SSSR count). The van der Waals surface area contributed by atoms with E-state index in [2.05, 4.69) is 25.9 Å². The molecule has 3 aromatic rings. The molecule has 31 heavy (non-hydrogen) atoms. The second-order valence-electron chi connectivity index (χ2n) is 6.09. The lowest BCUT2D eigenvalue weighted by molar-refractivity contribution is 0.0730. The van der Waals surface area contributed by atoms with Crippen LogP contribution in [0.25, 0.3) is 0 Å². The van der Waals surface area contributed by atoms with Crippen molar-refractivity contribution in [3.05, 3.63) is 87.4 Å². The number of hydrogen-bond donors (Lipinski definition) is 1. The number of nitrogens with zero attached hydrogens (tertiary/aromatic N) is 1. The minimum Gasteiger partial charge on any atom is -0.493 e. The molecule has 0 atom stereocenters. The van der Waals surface area contributed by atoms with Gasteiger partial charge in [0.25, 0.3) is 10.0 Å². The van der Waals surface area contributed by atoms with Crippen molar-refractivity contribution >= 4 is 49.7 Å². The molecule has 0 aliphatic carbocycles. The molecule has 160 valence electrons. The van der Waals surface area contributed by atoms with Crippen molar-refractivity contribution in [3.8, 4) is 11.5 Å². The van der Waals surface area contributed by atoms with Gasteiger partial charge in [-0.3, -0.25) is 0 Å². The SMILES string of the molecule is COc1cc(C=NNS(=O)(=O)c2ccc(Br)cc2)ccc1OC(=O)c1ccccc1Cl. The summed E-state index contributed by atoms with van der Waals surface area (Å²) in [6.07, 6.45) is 1.30. The lowest BCUT2D eigenvalue weighted by Crippen LogP contribution is -2.18. The average Bonchev–Trinajstić information content (AvgIpc) is 2.75. The van der Waals surface area contributed by atoms with Gasteiger partial charge in [0.05, 0.1) is 28.8 Å². The first-order chi connectivity index (χ1) is 14.8. The van der Waals surface area contributed by atoms with E-state index in [0.717, 1.165) is 4.47 Å². The minimum atomic E-state index is -3.80. The van der Waals surface area contributed by atoms with Gasteiger partial charge in [-0.05, 0) is 60.2 Å². The number of carbonyl (C=O) groups is 1. The van der Waals surface area contributed by atoms with E-state index in [1.165, 1.54) is 31.5 Å². The Morgan fingerprint density at radius 2 is 1.77 bits per heavy atom. The third kappa shape index (κ3) is 5.84. The highest BCUT2D eigenvalue weighted by molar-refractivity contribution is 9.10. The van der Waals surface area contributed by atoms with E-state index in [-0.39, 0.29) is 27.0 Å². The number of ether oxygens (including phenoxy) is 2. The van der Waals surface area contributed by atoms with Crippen LogP contribution in [0.3, 0.4) is 0 Å². The van der Waals surface area contributed by atoms with Gasteiger partial charge in [-0.1, -0.05) is 39.7 Å². The number of carbonyl (C=O) groups excluding carboxylic acids is 1. The van der Waals surface area contributed by atoms with Crippen LogP contribution in [0.4, 0.5) is 0 Å². The zero-order chi connectivity index (χ0) is 22.4. The number of hydrazone groups is 1. The second kappa shape index (κ2) is 9.95. The molecule has 10 heteroatoms. The van der Waals surface area contributed by atoms with Gasteiger partial charge in [0, 0.05) is 4.47 Å². The molecule has 7 nitrogen and oxygen atoms in total. The van der Waals surface area contributed by atoms with E-state index < -0.39 is 16.0 Å². The smallest absolute Gasteiger partial charge is 0.345 e. The van der Waals surface area contributed by atoms with Crippen molar-refractivity contribution in [2.45, 2.75) is 4.90 Å². The van der Waals surface area contributed by atoms with Crippen LogP contribution < -0.4 is 14.3 Å². The Balaban J connectivity index is 1.73. The monoisotopic (exact) mass is 522 g/mol. The van der Waals surface area contributed by atoms with Crippen LogP contribution in [0.1, 0.15) is 15.9 Å². The Bertz CT molecular complexity index is 1230. The summed E-state index contributed by atoms with van der Waals surface area (Å²) in [5, 5.41) is 4.05. The maximum absolute atomic E-state index is 12.4. The first-order valence-corrected chi connectivity index (χ1v) is 11.4. The number of rotatable bonds is 7. The van der Waals surface area contributed by atoms with E-state index in [1.807, 2.05) is 0 Å². The molecule has 0 heterocycles. The van der Waals surface area contributed by atoms with Gasteiger partial charge in [-0.15, -0.1) is 0 Å². The van der Waals surface area contributed by atoms with Crippen LogP contribution >= 0.6 is 27.5 Å². The summed E-state index contributed by atoms with van der Waals surface area (Å²) in [7, 11) is -2.39. The molecule has 0 aliphatic rings. The first-order valence-electron chi connectivity index (χ1n) is 8.75. The van der Waals surface area contributed by atoms with E-state index >= 15 is 0 Å². The van der Waals surface area contributed by atoms with E-state index in [0.29, 0.717) is 5.56 Å². The minimum absolute atomic E-state index is 0.0762. The number of halogens is 2. The summed E-state index contributed by atoms with van der Waals surface area (Å²) in [6, 6.07) is 17.3. The number of esters is 1. The topological polar surface area (TPSA) is 94.1 Å². The number of nitrogens with one attached hydrogen (secondary N) is 1. The summed E-state index contributed by atoms with van der Waals surface area (Å²) in [5.41, 5.74) is 0.743. The van der Waals surface area contributed by atoms with Crippen LogP contribution in [-0.2, 0) is 10.0 Å². The van der Waals surface area contributed by atoms with Gasteiger partial charge < -0.3 is 9.47 Å². The van der Waals surface area contributed by atoms with Crippen molar-refractivity contribution in [1.82, 2.24) is 4.83 Å². The third-order valence-electron chi connectivity index (χ3n) is 3.99. The highest BCUT2D eigenvalue weighted by Crippen LogP contribution is 2.29. The van der Waals surface area contributed by atoms with E-state index in [9.17, 15) is 13.2 Å². The summed E-state index contributed by atoms with van der Waals surface area (Å²) >= 11 is 9.27. The van der Waals surface area contributed by atoms with Crippen LogP contribution in [0.2, 0.25) is 5.02 Å². The lowest BCUT2D eigenvalue weighted by Gasteiger charge is -2.10. The Kier molecular flexibility index (Phi) is 7.32. The van der Waals surface area contributed by atoms with Gasteiger partial charge >= 0.3 is 5.97 Å². The molecule has 3 aromatic carbocycles. The van der Waals surface area contributed by atoms with Gasteiger partial charge in [0.1, 0.15) is 0 Å². The Morgan fingerprint density at radius 3 is 2.45 bits per heavy atom. The molecule has 0 radical (unpaired) electrons. The summed E-state index contributed by atoms with van der Waals surface area (Å²) in [6.45, 7) is 0. The number of methoxy groups -OCH3 is 1. The molecule has 0 amide bonds. The van der Waals surface area contributed by atoms with Crippen LogP contribution in [0.5, 0.6) is 11.5 Å². The largest absolute Gasteiger partial charge is 0.493 e. The number of hydrogen-bond acceptors (Lipinski definition) is 6. The highest BCUT2D eigenvalue weighted by atomic mass is 79.9. The molecule has 0 fully saturated rings. The predicted octanol–water partition coefficient (Wildman–Crippen LogP) is 4.64. The zero-order valence-electron chi connectivity index (χ0n) is 16.1. The summed E-state index contributed by atoms with van der Waals surface area (Å²) < 4.78 is 35.9. The Hall–Kier alpha value is -2.88. The Morgan fingerprint density at radius 1 is 1.06 bits per heavy atom. The molecule has 0 unspecified atom stereocenters. The molecule has 0 bridgehead atoms. The zero-order valence-corrected chi connectivity index (χ0v) is 19.2. The molecule has 0 aromatic heterocycles. The van der Waals surface area contributed by atoms with E-state index in [1.54, 1.807) is 48.5 Å². The second-order valence-corrected chi connectivity index (χ2v) is 9.07. The molecule has 0 spiro atoms. The summed E-state index contributed by atoms with van der Waals surface area (Å²) in [5.74, 6) is -0.187. The molecule has 0 saturated heterocycles. The fraction of sp³-hybridized carbons (Fsp3) is 0.0476. The first kappa shape index (κ1) is 22.8. The van der Waals surface area contributed by atoms with Crippen molar-refractivity contribution in [2.24, 2.45) is 5.10 Å². The molecule has 1 N–H and O–H groups in total. The number of benzene rings is 3. The van der Waals surface area contributed by atoms with E-state index in [4.69, 9.17) is 21.1 Å². The maximum atomic E-state index is 12.4. The number of sulfonamides is 1. The third-order valence-corrected chi connectivity index (χ3v) is 6.09. The predicted molar refractivity (Wildman–Crippen MR) is 121 cm³/mol. The molecule has 0 aliphatic heterocycles. The lowest BCUT2D eigenvalue weighted by atomic mass is 10.2. The standard InChI is InChI=1S/C21H16BrClN2O5S/c1-29-20-12-14(13-24-25-31(27,28)16-9-7-15(22)8-10-16)6-11-19(20)30-21(26)17-4-2-3-5-18(17)23/h2-13,25H,1H3. The fourth-order valence-electron chi connectivity index (χ4n) is 2.47. The van der Waals surface area contributed by atoms with Crippen molar-refractivity contribution in [1.29, 1.82) is 0 Å². The van der Waals surface area contributed by atoms with Gasteiger partial charge in [-0.25, -0.2) is 9.63 Å². The Labute approximate surface area is 192 Å². The van der Waals surface area contributed by atoms with Gasteiger partial charge in [0.2, 0.25) is 0 Å². The highest BCUT2D eigenvalue weighted by Gasteiger charge is 2.15. The average molecular weight is 524 g/mol. The maximum Gasteiger partial charge on any atom is 0.345 e. The van der Waals surface area contributed by atoms with Crippen molar-refractivity contribution in [2.75, 3.05) is 7.11 Å². The molecule has 0 saturated carbocycles. The van der Waals surface area contributed by atoms with Crippen LogP contribution in [0, 0.1) is 0 Å². The van der Waals surface area contributed by atoms with Crippen LogP contribution in [0.15, 0.2) is 81.2 Å². The normalized spacial score (nSPS) is 11.3. The molecular weight excluding hydrogens is 508 g/mol. The summed E-state index contributed by atoms with van der Waals surface area (Å²) in [4.78, 5) is 14.6. The van der Waals surface area contributed by atoms with Gasteiger partial charge in [-0.2, -0.15) is 13.5 Å². The molecular formula is C21H16BrClN2O5S. The van der Waals surface area contributed by atoms with Crippen molar-refractivity contribution in [3.63, 3.8) is 0 Å². The van der Waals surface area contributed by atoms with Gasteiger partial charge in [0.15, 0.2) is 11.5 Å². The van der Waals surface area contributed by atoms with Crippen molar-refractivity contribution < 1.29 is 22.7 Å². The fourth-order valence-corrected chi connectivity index (χ4v) is 3.74. The van der Waals surface area contributed by atoms with Crippen LogP contribution in [-0.4, -0.2) is 27.7 Å². The quantitative estimate of drug-likeness (QED) is 0.211.